The van der Waals surface area contributed by atoms with Gasteiger partial charge in [0.1, 0.15) is 11.9 Å². The SMILES string of the molecule is CC(C)(C)Cc1ccnc(-c2[c-]cc(F)nc2F)c1.CC(C)(C)Cc1ccnc(-c2cc(CC(C)(C)C)ccn2)c1.[Ir]. The van der Waals surface area contributed by atoms with Crippen LogP contribution in [0, 0.1) is 34.2 Å². The Balaban J connectivity index is 0.000000289. The van der Waals surface area contributed by atoms with E-state index in [-0.39, 0.29) is 41.9 Å². The van der Waals surface area contributed by atoms with E-state index in [2.05, 4.69) is 113 Å². The van der Waals surface area contributed by atoms with Gasteiger partial charge >= 0.3 is 0 Å². The van der Waals surface area contributed by atoms with E-state index >= 15 is 0 Å². The molecule has 0 saturated heterocycles. The number of nitrogens with zero attached hydrogens (tertiary/aromatic N) is 4. The van der Waals surface area contributed by atoms with Crippen molar-refractivity contribution < 1.29 is 28.9 Å². The molecule has 0 fully saturated rings. The summed E-state index contributed by atoms with van der Waals surface area (Å²) in [4.78, 5) is 16.3. The van der Waals surface area contributed by atoms with Crippen LogP contribution >= 0.6 is 0 Å². The van der Waals surface area contributed by atoms with Gasteiger partial charge in [0.05, 0.1) is 11.4 Å². The summed E-state index contributed by atoms with van der Waals surface area (Å²) in [5.74, 6) is -1.77. The van der Waals surface area contributed by atoms with Gasteiger partial charge in [0.15, 0.2) is 0 Å². The molecule has 0 unspecified atom stereocenters. The van der Waals surface area contributed by atoms with Gasteiger partial charge in [-0.3, -0.25) is 15.0 Å². The first-order chi connectivity index (χ1) is 19.0. The zero-order valence-electron chi connectivity index (χ0n) is 26.3. The monoisotopic (exact) mass is 750 g/mol. The summed E-state index contributed by atoms with van der Waals surface area (Å²) in [5.41, 5.74) is 6.83. The zero-order valence-corrected chi connectivity index (χ0v) is 28.7. The van der Waals surface area contributed by atoms with Crippen molar-refractivity contribution in [2.24, 2.45) is 16.2 Å². The Kier molecular flexibility index (Phi) is 12.2. The molecule has 0 amide bonds. The summed E-state index contributed by atoms with van der Waals surface area (Å²) in [6.45, 7) is 19.9. The normalized spacial score (nSPS) is 11.8. The molecule has 0 aliphatic carbocycles. The Morgan fingerprint density at radius 1 is 0.595 bits per heavy atom. The second-order valence-corrected chi connectivity index (χ2v) is 14.2. The minimum Gasteiger partial charge on any atom is -0.305 e. The van der Waals surface area contributed by atoms with E-state index in [1.54, 1.807) is 12.3 Å². The average molecular weight is 750 g/mol. The maximum absolute atomic E-state index is 13.6. The van der Waals surface area contributed by atoms with Gasteiger partial charge in [0, 0.05) is 38.7 Å². The summed E-state index contributed by atoms with van der Waals surface area (Å²) < 4.78 is 26.3. The van der Waals surface area contributed by atoms with Gasteiger partial charge in [-0.15, -0.1) is 6.07 Å². The van der Waals surface area contributed by atoms with Crippen molar-refractivity contribution in [3.05, 3.63) is 95.7 Å². The van der Waals surface area contributed by atoms with E-state index in [0.29, 0.717) is 5.69 Å². The van der Waals surface area contributed by atoms with Crippen molar-refractivity contribution in [1.29, 1.82) is 0 Å². The summed E-state index contributed by atoms with van der Waals surface area (Å²) in [7, 11) is 0. The average Bonchev–Trinajstić information content (AvgIpc) is 2.82. The number of halogens is 2. The Hall–Kier alpha value is -2.89. The van der Waals surface area contributed by atoms with Gasteiger partial charge in [0.25, 0.3) is 0 Å². The van der Waals surface area contributed by atoms with Gasteiger partial charge in [-0.1, -0.05) is 85.6 Å². The standard InChI is InChI=1S/C20H28N2.C15H15F2N2.Ir/c1-19(2,3)13-15-7-9-21-17(11-15)18-12-16(8-10-22-18)14-20(4,5)6;1-15(2,3)9-10-6-7-18-12(8-10)11-4-5-13(16)19-14(11)17;/h7-12H,13-14H2,1-6H3;5-8H,9H2,1-3H3;/q;-1;. The first kappa shape index (κ1) is 35.3. The third-order valence-electron chi connectivity index (χ3n) is 5.94. The Labute approximate surface area is 264 Å². The van der Waals surface area contributed by atoms with Crippen molar-refractivity contribution in [2.45, 2.75) is 81.6 Å². The number of aromatic nitrogens is 4. The molecule has 4 nitrogen and oxygen atoms in total. The van der Waals surface area contributed by atoms with Gasteiger partial charge in [-0.05, 0) is 82.7 Å². The molecule has 0 aliphatic rings. The van der Waals surface area contributed by atoms with Crippen molar-refractivity contribution in [3.8, 4) is 22.6 Å². The smallest absolute Gasteiger partial charge is 0.128 e. The molecule has 0 atom stereocenters. The van der Waals surface area contributed by atoms with E-state index < -0.39 is 11.9 Å². The molecule has 7 heteroatoms. The third kappa shape index (κ3) is 12.1. The first-order valence-corrected chi connectivity index (χ1v) is 14.1. The molecular weight excluding hydrogens is 707 g/mol. The van der Waals surface area contributed by atoms with Crippen LogP contribution in [0.1, 0.15) is 79.0 Å². The van der Waals surface area contributed by atoms with Crippen molar-refractivity contribution in [2.75, 3.05) is 0 Å². The summed E-state index contributed by atoms with van der Waals surface area (Å²) in [5, 5.41) is 0. The molecule has 4 heterocycles. The first-order valence-electron chi connectivity index (χ1n) is 14.1. The molecular formula is C35H43F2IrN4-. The summed E-state index contributed by atoms with van der Waals surface area (Å²) in [6.07, 6.45) is 8.35. The van der Waals surface area contributed by atoms with Crippen LogP contribution in [0.15, 0.2) is 61.1 Å². The quantitative estimate of drug-likeness (QED) is 0.151. The van der Waals surface area contributed by atoms with Crippen LogP contribution in [-0.4, -0.2) is 19.9 Å². The molecule has 0 aromatic carbocycles. The number of rotatable bonds is 5. The Bertz CT molecular complexity index is 1390. The fourth-order valence-electron chi connectivity index (χ4n) is 4.56. The second kappa shape index (κ2) is 14.5. The number of pyridine rings is 4. The molecule has 1 radical (unpaired) electrons. The van der Waals surface area contributed by atoms with Crippen LogP contribution in [0.3, 0.4) is 0 Å². The minimum absolute atomic E-state index is 0. The predicted octanol–water partition coefficient (Wildman–Crippen LogP) is 9.13. The third-order valence-corrected chi connectivity index (χ3v) is 5.94. The zero-order chi connectivity index (χ0) is 30.4. The fourth-order valence-corrected chi connectivity index (χ4v) is 4.56. The van der Waals surface area contributed by atoms with E-state index in [1.807, 2.05) is 18.5 Å². The predicted molar refractivity (Wildman–Crippen MR) is 163 cm³/mol. The molecule has 0 bridgehead atoms. The van der Waals surface area contributed by atoms with Crippen LogP contribution in [0.5, 0.6) is 0 Å². The molecule has 0 spiro atoms. The molecule has 0 saturated carbocycles. The maximum atomic E-state index is 13.6. The summed E-state index contributed by atoms with van der Waals surface area (Å²) in [6, 6.07) is 15.8. The van der Waals surface area contributed by atoms with Crippen LogP contribution in [-0.2, 0) is 39.4 Å². The molecule has 0 aliphatic heterocycles. The van der Waals surface area contributed by atoms with Crippen molar-refractivity contribution in [3.63, 3.8) is 0 Å². The van der Waals surface area contributed by atoms with Crippen LogP contribution in [0.2, 0.25) is 0 Å². The second-order valence-electron chi connectivity index (χ2n) is 14.2. The Morgan fingerprint density at radius 3 is 1.31 bits per heavy atom. The van der Waals surface area contributed by atoms with Crippen molar-refractivity contribution in [1.82, 2.24) is 19.9 Å². The molecule has 4 aromatic heterocycles. The fraction of sp³-hybridized carbons (Fsp3) is 0.429. The van der Waals surface area contributed by atoms with Gasteiger partial charge in [-0.25, -0.2) is 8.78 Å². The van der Waals surface area contributed by atoms with E-state index in [1.165, 1.54) is 11.1 Å². The molecule has 4 rings (SSSR count). The summed E-state index contributed by atoms with van der Waals surface area (Å²) >= 11 is 0. The topological polar surface area (TPSA) is 51.6 Å². The van der Waals surface area contributed by atoms with Gasteiger partial charge in [-0.2, -0.15) is 0 Å². The van der Waals surface area contributed by atoms with E-state index in [4.69, 9.17) is 0 Å². The van der Waals surface area contributed by atoms with Gasteiger partial charge in [0.2, 0.25) is 0 Å². The molecule has 227 valence electrons. The minimum atomic E-state index is -0.889. The van der Waals surface area contributed by atoms with Crippen LogP contribution < -0.4 is 0 Å². The van der Waals surface area contributed by atoms with Crippen LogP contribution in [0.25, 0.3) is 22.6 Å². The molecule has 0 N–H and O–H groups in total. The molecule has 4 aromatic rings. The van der Waals surface area contributed by atoms with E-state index in [9.17, 15) is 8.78 Å². The Morgan fingerprint density at radius 2 is 0.952 bits per heavy atom. The van der Waals surface area contributed by atoms with Gasteiger partial charge < -0.3 is 4.98 Å². The van der Waals surface area contributed by atoms with Crippen LogP contribution in [0.4, 0.5) is 8.78 Å². The van der Waals surface area contributed by atoms with Crippen molar-refractivity contribution >= 4 is 0 Å². The van der Waals surface area contributed by atoms with E-state index in [0.717, 1.165) is 42.3 Å². The maximum Gasteiger partial charge on any atom is 0.128 e. The number of hydrogen-bond acceptors (Lipinski definition) is 4. The largest absolute Gasteiger partial charge is 0.305 e. The molecule has 42 heavy (non-hydrogen) atoms. The number of hydrogen-bond donors (Lipinski definition) is 0.